The second-order valence-electron chi connectivity index (χ2n) is 7.48. The van der Waals surface area contributed by atoms with Crippen molar-refractivity contribution in [1.29, 1.82) is 0 Å². The summed E-state index contributed by atoms with van der Waals surface area (Å²) in [6.45, 7) is 0. The minimum absolute atomic E-state index is 0.0637. The Morgan fingerprint density at radius 1 is 0.846 bits per heavy atom. The summed E-state index contributed by atoms with van der Waals surface area (Å²) in [4.78, 5) is 32.3. The molecule has 2 amide bonds. The molecule has 1 aliphatic heterocycles. The number of imide groups is 1. The third-order valence-corrected chi connectivity index (χ3v) is 7.30. The number of anilines is 1. The van der Waals surface area contributed by atoms with E-state index in [9.17, 15) is 9.59 Å². The molecular weight excluding hydrogens is 344 g/mol. The van der Waals surface area contributed by atoms with Gasteiger partial charge >= 0.3 is 0 Å². The molecule has 5 heteroatoms. The number of benzene rings is 1. The molecule has 0 N–H and O–H groups in total. The zero-order valence-corrected chi connectivity index (χ0v) is 14.7. The Morgan fingerprint density at radius 3 is 1.92 bits per heavy atom. The van der Waals surface area contributed by atoms with Gasteiger partial charge in [0.05, 0.1) is 11.8 Å². The minimum atomic E-state index is -0.274. The highest BCUT2D eigenvalue weighted by molar-refractivity contribution is 7.14. The van der Waals surface area contributed by atoms with Crippen molar-refractivity contribution in [2.24, 2.45) is 23.7 Å². The summed E-state index contributed by atoms with van der Waals surface area (Å²) in [5.41, 5.74) is 2.50. The number of amides is 2. The van der Waals surface area contributed by atoms with Crippen LogP contribution in [0.5, 0.6) is 0 Å². The van der Waals surface area contributed by atoms with Crippen LogP contribution in [-0.4, -0.2) is 16.8 Å². The third-order valence-electron chi connectivity index (χ3n) is 6.55. The van der Waals surface area contributed by atoms with Crippen molar-refractivity contribution < 1.29 is 9.59 Å². The number of thiazole rings is 1. The van der Waals surface area contributed by atoms with Crippen molar-refractivity contribution in [3.05, 3.63) is 71.3 Å². The van der Waals surface area contributed by atoms with Gasteiger partial charge < -0.3 is 0 Å². The van der Waals surface area contributed by atoms with E-state index in [4.69, 9.17) is 0 Å². The first-order valence-electron chi connectivity index (χ1n) is 8.98. The van der Waals surface area contributed by atoms with Crippen LogP contribution in [0.15, 0.2) is 60.1 Å². The van der Waals surface area contributed by atoms with Gasteiger partial charge in [0.15, 0.2) is 5.13 Å². The van der Waals surface area contributed by atoms with Crippen LogP contribution in [0.25, 0.3) is 0 Å². The third kappa shape index (κ3) is 1.62. The summed E-state index contributed by atoms with van der Waals surface area (Å²) in [6, 6.07) is 8.39. The molecule has 1 aromatic heterocycles. The van der Waals surface area contributed by atoms with E-state index in [1.807, 2.05) is 17.5 Å². The van der Waals surface area contributed by atoms with Gasteiger partial charge in [-0.25, -0.2) is 9.88 Å². The highest BCUT2D eigenvalue weighted by Crippen LogP contribution is 2.64. The number of hydrogen-bond acceptors (Lipinski definition) is 4. The van der Waals surface area contributed by atoms with Crippen LogP contribution in [0.3, 0.4) is 0 Å². The van der Waals surface area contributed by atoms with Crippen molar-refractivity contribution in [2.45, 2.75) is 11.8 Å². The number of hydrogen-bond donors (Lipinski definition) is 0. The quantitative estimate of drug-likeness (QED) is 0.732. The van der Waals surface area contributed by atoms with Gasteiger partial charge in [0.25, 0.3) is 0 Å². The molecule has 0 radical (unpaired) electrons. The zero-order valence-electron chi connectivity index (χ0n) is 13.9. The van der Waals surface area contributed by atoms with E-state index in [2.05, 4.69) is 41.4 Å². The minimum Gasteiger partial charge on any atom is -0.274 e. The topological polar surface area (TPSA) is 50.3 Å². The number of rotatable bonds is 1. The molecule has 5 aliphatic rings. The van der Waals surface area contributed by atoms with Crippen LogP contribution >= 0.6 is 11.3 Å². The maximum absolute atomic E-state index is 13.4. The van der Waals surface area contributed by atoms with E-state index in [0.29, 0.717) is 5.13 Å². The SMILES string of the molecule is O=C1[C@@H]2[C@H](C(=O)N1c1nccs1)[C@H]1c3ccccc3[C@H]2[C@H]2C=CC=C[C@@H]21. The van der Waals surface area contributed by atoms with Crippen molar-refractivity contribution in [3.63, 3.8) is 0 Å². The van der Waals surface area contributed by atoms with Gasteiger partial charge in [-0.1, -0.05) is 48.6 Å². The summed E-state index contributed by atoms with van der Waals surface area (Å²) >= 11 is 1.35. The normalized spacial score (nSPS) is 36.2. The van der Waals surface area contributed by atoms with Crippen molar-refractivity contribution in [3.8, 4) is 0 Å². The second-order valence-corrected chi connectivity index (χ2v) is 8.36. The Balaban J connectivity index is 1.57. The molecular formula is C21H16N2O2S. The molecule has 7 rings (SSSR count). The standard InChI is InChI=1S/C21H16N2O2S/c24-19-17-15-11-5-1-2-6-12(11)16(14-8-4-3-7-13(14)15)18(17)20(25)23(19)21-22-9-10-26-21/h1-12,15-18H/t11-,12-,15+,16+,17-,18+/m0/s1. The maximum Gasteiger partial charge on any atom is 0.240 e. The average molecular weight is 360 g/mol. The summed E-state index contributed by atoms with van der Waals surface area (Å²) in [5, 5.41) is 2.32. The Hall–Kier alpha value is -2.53. The van der Waals surface area contributed by atoms with Crippen molar-refractivity contribution in [1.82, 2.24) is 4.98 Å². The highest BCUT2D eigenvalue weighted by atomic mass is 32.1. The number of carbonyl (C=O) groups is 2. The van der Waals surface area contributed by atoms with Gasteiger partial charge in [-0.05, 0) is 23.0 Å². The molecule has 2 bridgehead atoms. The summed E-state index contributed by atoms with van der Waals surface area (Å²) in [5.74, 6) is 0.0139. The van der Waals surface area contributed by atoms with Crippen LogP contribution in [0.4, 0.5) is 5.13 Å². The van der Waals surface area contributed by atoms with Crippen molar-refractivity contribution >= 4 is 28.3 Å². The predicted molar refractivity (Wildman–Crippen MR) is 98.8 cm³/mol. The van der Waals surface area contributed by atoms with Gasteiger partial charge in [0, 0.05) is 23.4 Å². The highest BCUT2D eigenvalue weighted by Gasteiger charge is 2.65. The molecule has 2 fully saturated rings. The van der Waals surface area contributed by atoms with Crippen LogP contribution in [0, 0.1) is 23.7 Å². The first kappa shape index (κ1) is 14.6. The van der Waals surface area contributed by atoms with E-state index in [-0.39, 0.29) is 47.3 Å². The Kier molecular flexibility index (Phi) is 2.82. The van der Waals surface area contributed by atoms with Gasteiger partial charge in [0.2, 0.25) is 11.8 Å². The fraction of sp³-hybridized carbons (Fsp3) is 0.286. The first-order valence-corrected chi connectivity index (χ1v) is 9.86. The largest absolute Gasteiger partial charge is 0.274 e. The summed E-state index contributed by atoms with van der Waals surface area (Å²) in [6.07, 6.45) is 10.3. The monoisotopic (exact) mass is 360 g/mol. The lowest BCUT2D eigenvalue weighted by Gasteiger charge is -2.53. The fourth-order valence-corrected chi connectivity index (χ4v) is 6.39. The molecule has 2 aromatic rings. The fourth-order valence-electron chi connectivity index (χ4n) is 5.74. The van der Waals surface area contributed by atoms with Crippen molar-refractivity contribution in [2.75, 3.05) is 4.90 Å². The Morgan fingerprint density at radius 2 is 1.42 bits per heavy atom. The number of aromatic nitrogens is 1. The zero-order chi connectivity index (χ0) is 17.4. The number of carbonyl (C=O) groups excluding carboxylic acids is 2. The average Bonchev–Trinajstić information content (AvgIpc) is 3.29. The molecule has 2 heterocycles. The molecule has 128 valence electrons. The molecule has 1 aromatic carbocycles. The summed E-state index contributed by atoms with van der Waals surface area (Å²) in [7, 11) is 0. The lowest BCUT2D eigenvalue weighted by atomic mass is 9.48. The smallest absolute Gasteiger partial charge is 0.240 e. The molecule has 4 aliphatic carbocycles. The number of nitrogens with zero attached hydrogens (tertiary/aromatic N) is 2. The van der Waals surface area contributed by atoms with Gasteiger partial charge in [-0.2, -0.15) is 0 Å². The molecule has 1 saturated heterocycles. The van der Waals surface area contributed by atoms with Crippen LogP contribution in [0.1, 0.15) is 23.0 Å². The first-order chi connectivity index (χ1) is 12.8. The van der Waals surface area contributed by atoms with E-state index < -0.39 is 0 Å². The number of allylic oxidation sites excluding steroid dienone is 4. The molecule has 6 atom stereocenters. The van der Waals surface area contributed by atoms with E-state index in [1.54, 1.807) is 6.20 Å². The second kappa shape index (κ2) is 5.01. The lowest BCUT2D eigenvalue weighted by Crippen LogP contribution is -2.49. The Bertz CT molecular complexity index is 930. The maximum atomic E-state index is 13.4. The lowest BCUT2D eigenvalue weighted by molar-refractivity contribution is -0.125. The molecule has 1 saturated carbocycles. The van der Waals surface area contributed by atoms with E-state index in [0.717, 1.165) is 0 Å². The molecule has 4 nitrogen and oxygen atoms in total. The Labute approximate surface area is 154 Å². The molecule has 26 heavy (non-hydrogen) atoms. The van der Waals surface area contributed by atoms with E-state index in [1.165, 1.54) is 27.4 Å². The summed E-state index contributed by atoms with van der Waals surface area (Å²) < 4.78 is 0. The van der Waals surface area contributed by atoms with Gasteiger partial charge in [-0.15, -0.1) is 11.3 Å². The molecule has 0 unspecified atom stereocenters. The van der Waals surface area contributed by atoms with Gasteiger partial charge in [-0.3, -0.25) is 9.59 Å². The van der Waals surface area contributed by atoms with Crippen LogP contribution in [-0.2, 0) is 9.59 Å². The van der Waals surface area contributed by atoms with Crippen LogP contribution < -0.4 is 4.90 Å². The molecule has 0 spiro atoms. The van der Waals surface area contributed by atoms with Crippen LogP contribution in [0.2, 0.25) is 0 Å². The predicted octanol–water partition coefficient (Wildman–Crippen LogP) is 3.50. The van der Waals surface area contributed by atoms with Gasteiger partial charge in [0.1, 0.15) is 0 Å². The van der Waals surface area contributed by atoms with E-state index >= 15 is 0 Å².